The van der Waals surface area contributed by atoms with Crippen LogP contribution in [-0.2, 0) is 27.5 Å². The van der Waals surface area contributed by atoms with Gasteiger partial charge in [0.1, 0.15) is 0 Å². The van der Waals surface area contributed by atoms with E-state index in [1.54, 1.807) is 0 Å². The second kappa shape index (κ2) is 7.63. The van der Waals surface area contributed by atoms with E-state index in [0.717, 1.165) is 11.1 Å². The summed E-state index contributed by atoms with van der Waals surface area (Å²) in [6.07, 6.45) is 1.37. The van der Waals surface area contributed by atoms with Gasteiger partial charge in [-0.1, -0.05) is 81.4 Å². The Labute approximate surface area is 183 Å². The lowest BCUT2D eigenvalue weighted by Crippen LogP contribution is -2.63. The highest BCUT2D eigenvalue weighted by Gasteiger charge is 2.61. The molecule has 1 saturated carbocycles. The SMILES string of the molecule is CC12CC(C)(CC(C)(C(=O)N(Cc3ccccc3)Cc3ccccc3)C1)C(=O)NC2=O. The predicted octanol–water partition coefficient (Wildman–Crippen LogP) is 4.07. The van der Waals surface area contributed by atoms with Crippen LogP contribution in [0.25, 0.3) is 0 Å². The monoisotopic (exact) mass is 418 g/mol. The zero-order valence-electron chi connectivity index (χ0n) is 18.5. The van der Waals surface area contributed by atoms with Crippen LogP contribution in [0.5, 0.6) is 0 Å². The van der Waals surface area contributed by atoms with Gasteiger partial charge in [0.05, 0.1) is 0 Å². The number of hydrogen-bond acceptors (Lipinski definition) is 3. The number of carbonyl (C=O) groups excluding carboxylic acids is 3. The molecule has 1 N–H and O–H groups in total. The van der Waals surface area contributed by atoms with Crippen molar-refractivity contribution >= 4 is 17.7 Å². The van der Waals surface area contributed by atoms with E-state index in [-0.39, 0.29) is 17.7 Å². The Bertz CT molecular complexity index is 934. The van der Waals surface area contributed by atoms with Crippen LogP contribution in [0, 0.1) is 16.2 Å². The molecular weight excluding hydrogens is 388 g/mol. The second-order valence-corrected chi connectivity index (χ2v) is 10.1. The molecule has 3 amide bonds. The third-order valence-corrected chi connectivity index (χ3v) is 6.90. The number of carbonyl (C=O) groups is 3. The summed E-state index contributed by atoms with van der Waals surface area (Å²) in [4.78, 5) is 41.3. The van der Waals surface area contributed by atoms with Gasteiger partial charge in [-0.15, -0.1) is 0 Å². The Morgan fingerprint density at radius 2 is 1.19 bits per heavy atom. The maximum Gasteiger partial charge on any atom is 0.232 e. The molecule has 4 rings (SSSR count). The Balaban J connectivity index is 1.68. The Morgan fingerprint density at radius 1 is 0.774 bits per heavy atom. The maximum atomic E-state index is 14.0. The van der Waals surface area contributed by atoms with E-state index in [0.29, 0.717) is 32.4 Å². The lowest BCUT2D eigenvalue weighted by atomic mass is 9.52. The summed E-state index contributed by atoms with van der Waals surface area (Å²) in [5.41, 5.74) is -0.138. The van der Waals surface area contributed by atoms with Crippen LogP contribution in [0.15, 0.2) is 60.7 Å². The molecule has 2 atom stereocenters. The fourth-order valence-corrected chi connectivity index (χ4v) is 5.84. The summed E-state index contributed by atoms with van der Waals surface area (Å²) >= 11 is 0. The van der Waals surface area contributed by atoms with Gasteiger partial charge in [0.15, 0.2) is 0 Å². The lowest BCUT2D eigenvalue weighted by Gasteiger charge is -2.54. The normalized spacial score (nSPS) is 29.9. The van der Waals surface area contributed by atoms with E-state index >= 15 is 0 Å². The minimum absolute atomic E-state index is 0.000133. The van der Waals surface area contributed by atoms with Gasteiger partial charge in [0.2, 0.25) is 17.7 Å². The van der Waals surface area contributed by atoms with Crippen LogP contribution in [0.4, 0.5) is 0 Å². The molecule has 2 unspecified atom stereocenters. The van der Waals surface area contributed by atoms with Gasteiger partial charge in [-0.25, -0.2) is 0 Å². The molecule has 0 spiro atoms. The van der Waals surface area contributed by atoms with Gasteiger partial charge >= 0.3 is 0 Å². The molecule has 2 aromatic rings. The van der Waals surface area contributed by atoms with Gasteiger partial charge in [0.25, 0.3) is 0 Å². The number of imide groups is 1. The zero-order valence-corrected chi connectivity index (χ0v) is 18.5. The molecule has 1 aliphatic carbocycles. The summed E-state index contributed by atoms with van der Waals surface area (Å²) in [5.74, 6) is -0.516. The smallest absolute Gasteiger partial charge is 0.232 e. The largest absolute Gasteiger partial charge is 0.334 e. The molecule has 1 saturated heterocycles. The summed E-state index contributed by atoms with van der Waals surface area (Å²) in [7, 11) is 0. The van der Waals surface area contributed by atoms with Crippen LogP contribution < -0.4 is 5.32 Å². The van der Waals surface area contributed by atoms with Crippen molar-refractivity contribution in [2.75, 3.05) is 0 Å². The van der Waals surface area contributed by atoms with E-state index in [2.05, 4.69) is 5.32 Å². The Hall–Kier alpha value is -2.95. The first kappa shape index (κ1) is 21.3. The van der Waals surface area contributed by atoms with Crippen LogP contribution in [0.3, 0.4) is 0 Å². The summed E-state index contributed by atoms with van der Waals surface area (Å²) < 4.78 is 0. The van der Waals surface area contributed by atoms with Gasteiger partial charge in [-0.05, 0) is 30.4 Å². The highest BCUT2D eigenvalue weighted by atomic mass is 16.2. The first-order valence-electron chi connectivity index (χ1n) is 10.9. The molecule has 5 heteroatoms. The molecule has 5 nitrogen and oxygen atoms in total. The molecule has 162 valence electrons. The number of rotatable bonds is 5. The minimum Gasteiger partial charge on any atom is -0.334 e. The molecule has 0 aromatic heterocycles. The summed E-state index contributed by atoms with van der Waals surface area (Å²) in [5, 5.41) is 2.55. The molecule has 2 fully saturated rings. The van der Waals surface area contributed by atoms with Crippen molar-refractivity contribution < 1.29 is 14.4 Å². The number of fused-ring (bicyclic) bond motifs is 2. The second-order valence-electron chi connectivity index (χ2n) is 10.1. The van der Waals surface area contributed by atoms with Crippen molar-refractivity contribution in [2.24, 2.45) is 16.2 Å². The summed E-state index contributed by atoms with van der Waals surface area (Å²) in [6.45, 7) is 6.67. The van der Waals surface area contributed by atoms with Crippen LogP contribution in [0.1, 0.15) is 51.2 Å². The molecular formula is C26H30N2O3. The number of amides is 3. The average Bonchev–Trinajstić information content (AvgIpc) is 2.72. The third-order valence-electron chi connectivity index (χ3n) is 6.90. The number of nitrogens with one attached hydrogen (secondary N) is 1. The van der Waals surface area contributed by atoms with E-state index in [1.807, 2.05) is 86.3 Å². The van der Waals surface area contributed by atoms with E-state index in [1.165, 1.54) is 0 Å². The first-order valence-corrected chi connectivity index (χ1v) is 10.9. The highest BCUT2D eigenvalue weighted by Crippen LogP contribution is 2.57. The quantitative estimate of drug-likeness (QED) is 0.744. The standard InChI is InChI=1S/C26H30N2O3/c1-24-16-25(2,22(30)27-21(24)29)18-26(3,17-24)23(31)28(14-19-10-6-4-7-11-19)15-20-12-8-5-9-13-20/h4-13H,14-18H2,1-3H3,(H,27,29,30). The van der Waals surface area contributed by atoms with Gasteiger partial charge in [-0.2, -0.15) is 0 Å². The number of piperidine rings is 1. The highest BCUT2D eigenvalue weighted by molar-refractivity contribution is 6.04. The van der Waals surface area contributed by atoms with Crippen molar-refractivity contribution in [3.8, 4) is 0 Å². The Morgan fingerprint density at radius 3 is 1.61 bits per heavy atom. The number of nitrogens with zero attached hydrogens (tertiary/aromatic N) is 1. The zero-order chi connectivity index (χ0) is 22.3. The average molecular weight is 419 g/mol. The van der Waals surface area contributed by atoms with Crippen LogP contribution in [-0.4, -0.2) is 22.6 Å². The fourth-order valence-electron chi connectivity index (χ4n) is 5.84. The van der Waals surface area contributed by atoms with Crippen molar-refractivity contribution in [2.45, 2.75) is 53.1 Å². The van der Waals surface area contributed by atoms with Gasteiger partial charge < -0.3 is 4.90 Å². The molecule has 1 aliphatic heterocycles. The molecule has 31 heavy (non-hydrogen) atoms. The predicted molar refractivity (Wildman–Crippen MR) is 118 cm³/mol. The molecule has 2 bridgehead atoms. The van der Waals surface area contributed by atoms with Crippen molar-refractivity contribution in [1.82, 2.24) is 10.2 Å². The van der Waals surface area contributed by atoms with E-state index in [9.17, 15) is 14.4 Å². The van der Waals surface area contributed by atoms with Crippen molar-refractivity contribution in [3.63, 3.8) is 0 Å². The number of benzene rings is 2. The number of hydrogen-bond donors (Lipinski definition) is 1. The first-order chi connectivity index (χ1) is 14.6. The molecule has 2 aliphatic rings. The fraction of sp³-hybridized carbons (Fsp3) is 0.423. The minimum atomic E-state index is -0.793. The van der Waals surface area contributed by atoms with E-state index in [4.69, 9.17) is 0 Å². The maximum absolute atomic E-state index is 14.0. The van der Waals surface area contributed by atoms with Crippen LogP contribution in [0.2, 0.25) is 0 Å². The third kappa shape index (κ3) is 4.01. The lowest BCUT2D eigenvalue weighted by molar-refractivity contribution is -0.168. The van der Waals surface area contributed by atoms with Crippen LogP contribution >= 0.6 is 0 Å². The van der Waals surface area contributed by atoms with Gasteiger partial charge in [-0.3, -0.25) is 19.7 Å². The topological polar surface area (TPSA) is 66.5 Å². The van der Waals surface area contributed by atoms with E-state index < -0.39 is 16.2 Å². The Kier molecular flexibility index (Phi) is 5.24. The molecule has 1 heterocycles. The summed E-state index contributed by atoms with van der Waals surface area (Å²) in [6, 6.07) is 19.9. The van der Waals surface area contributed by atoms with Crippen molar-refractivity contribution in [3.05, 3.63) is 71.8 Å². The molecule has 2 aromatic carbocycles. The van der Waals surface area contributed by atoms with Crippen molar-refractivity contribution in [1.29, 1.82) is 0 Å². The molecule has 0 radical (unpaired) electrons. The van der Waals surface area contributed by atoms with Gasteiger partial charge in [0, 0.05) is 29.3 Å².